The van der Waals surface area contributed by atoms with Crippen molar-refractivity contribution >= 4 is 9.84 Å². The van der Waals surface area contributed by atoms with Crippen LogP contribution in [0.5, 0.6) is 0 Å². The Morgan fingerprint density at radius 3 is 2.69 bits per heavy atom. The van der Waals surface area contributed by atoms with E-state index < -0.39 is 9.84 Å². The van der Waals surface area contributed by atoms with E-state index in [0.717, 1.165) is 0 Å². The molecule has 1 aliphatic rings. The lowest BCUT2D eigenvalue weighted by Crippen LogP contribution is -2.31. The van der Waals surface area contributed by atoms with E-state index in [1.165, 1.54) is 0 Å². The lowest BCUT2D eigenvalue weighted by molar-refractivity contribution is 0.341. The van der Waals surface area contributed by atoms with Crippen molar-refractivity contribution in [2.45, 2.75) is 12.5 Å². The molecule has 5 heteroatoms. The Morgan fingerprint density at radius 2 is 2.31 bits per heavy atom. The fourth-order valence-electron chi connectivity index (χ4n) is 1.38. The van der Waals surface area contributed by atoms with Gasteiger partial charge in [-0.1, -0.05) is 6.58 Å². The number of nitrogens with zero attached hydrogens (tertiary/aromatic N) is 2. The van der Waals surface area contributed by atoms with Gasteiger partial charge in [-0.2, -0.15) is 5.26 Å². The van der Waals surface area contributed by atoms with Crippen molar-refractivity contribution in [3.05, 3.63) is 12.3 Å². The van der Waals surface area contributed by atoms with Gasteiger partial charge in [-0.3, -0.25) is 0 Å². The second-order valence-corrected chi connectivity index (χ2v) is 5.45. The Bertz CT molecular complexity index is 353. The average Bonchev–Trinajstić information content (AvgIpc) is 2.43. The predicted molar refractivity (Wildman–Crippen MR) is 49.6 cm³/mol. The Hall–Kier alpha value is -1.02. The predicted octanol–water partition coefficient (Wildman–Crippen LogP) is 0.143. The van der Waals surface area contributed by atoms with Crippen LogP contribution in [-0.4, -0.2) is 37.9 Å². The number of hydrogen-bond donors (Lipinski definition) is 0. The number of nitriles is 1. The van der Waals surface area contributed by atoms with Gasteiger partial charge in [0.15, 0.2) is 9.84 Å². The van der Waals surface area contributed by atoms with Crippen LogP contribution in [0.2, 0.25) is 0 Å². The molecule has 1 rings (SSSR count). The highest BCUT2D eigenvalue weighted by Gasteiger charge is 2.30. The van der Waals surface area contributed by atoms with Gasteiger partial charge >= 0.3 is 0 Å². The minimum absolute atomic E-state index is 0.0721. The topological polar surface area (TPSA) is 61.2 Å². The summed E-state index contributed by atoms with van der Waals surface area (Å²) in [5.74, 6) is 0.366. The fraction of sp³-hybridized carbons (Fsp3) is 0.625. The molecule has 13 heavy (non-hydrogen) atoms. The van der Waals surface area contributed by atoms with Crippen molar-refractivity contribution in [2.24, 2.45) is 0 Å². The number of sulfone groups is 1. The quantitative estimate of drug-likeness (QED) is 0.595. The Balaban J connectivity index is 2.68. The Morgan fingerprint density at radius 1 is 1.69 bits per heavy atom. The number of rotatable bonds is 2. The summed E-state index contributed by atoms with van der Waals surface area (Å²) in [5, 5.41) is 8.55. The molecule has 1 atom stereocenters. The SMILES string of the molecule is C=C(C#N)N(C)C1CCS(=O)(=O)C1. The van der Waals surface area contributed by atoms with Crippen LogP contribution in [0.4, 0.5) is 0 Å². The molecule has 0 bridgehead atoms. The lowest BCUT2D eigenvalue weighted by atomic mass is 10.2. The third kappa shape index (κ3) is 2.22. The lowest BCUT2D eigenvalue weighted by Gasteiger charge is -2.23. The van der Waals surface area contributed by atoms with Crippen LogP contribution in [0, 0.1) is 11.3 Å². The number of allylic oxidation sites excluding steroid dienone is 1. The van der Waals surface area contributed by atoms with E-state index in [0.29, 0.717) is 12.1 Å². The minimum Gasteiger partial charge on any atom is -0.363 e. The standard InChI is InChI=1S/C8H12N2O2S/c1-7(5-9)10(2)8-3-4-13(11,12)6-8/h8H,1,3-4,6H2,2H3. The molecule has 72 valence electrons. The molecule has 1 heterocycles. The van der Waals surface area contributed by atoms with Gasteiger partial charge in [0, 0.05) is 13.1 Å². The van der Waals surface area contributed by atoms with Gasteiger partial charge in [0.2, 0.25) is 0 Å². The van der Waals surface area contributed by atoms with Crippen molar-refractivity contribution in [1.29, 1.82) is 5.26 Å². The van der Waals surface area contributed by atoms with Crippen LogP contribution < -0.4 is 0 Å². The maximum absolute atomic E-state index is 11.1. The molecule has 0 aromatic rings. The number of hydrogen-bond acceptors (Lipinski definition) is 4. The minimum atomic E-state index is -2.87. The molecule has 0 saturated carbocycles. The summed E-state index contributed by atoms with van der Waals surface area (Å²) in [5.41, 5.74) is 0.321. The smallest absolute Gasteiger partial charge is 0.152 e. The third-order valence-electron chi connectivity index (χ3n) is 2.31. The molecule has 0 radical (unpaired) electrons. The van der Waals surface area contributed by atoms with Crippen LogP contribution in [0.15, 0.2) is 12.3 Å². The summed E-state index contributed by atoms with van der Waals surface area (Å²) in [6.07, 6.45) is 0.597. The molecule has 1 unspecified atom stereocenters. The van der Waals surface area contributed by atoms with Crippen LogP contribution in [0.25, 0.3) is 0 Å². The maximum atomic E-state index is 11.1. The van der Waals surface area contributed by atoms with Gasteiger partial charge in [-0.25, -0.2) is 8.42 Å². The molecule has 0 aromatic heterocycles. The van der Waals surface area contributed by atoms with Crippen LogP contribution in [0.1, 0.15) is 6.42 Å². The zero-order valence-electron chi connectivity index (χ0n) is 7.52. The zero-order chi connectivity index (χ0) is 10.1. The van der Waals surface area contributed by atoms with Crippen molar-refractivity contribution in [3.63, 3.8) is 0 Å². The highest BCUT2D eigenvalue weighted by molar-refractivity contribution is 7.91. The van der Waals surface area contributed by atoms with Gasteiger partial charge in [-0.15, -0.1) is 0 Å². The molecule has 0 amide bonds. The molecule has 0 spiro atoms. The summed E-state index contributed by atoms with van der Waals surface area (Å²) in [7, 11) is -1.17. The normalized spacial score (nSPS) is 25.1. The van der Waals surface area contributed by atoms with Crippen LogP contribution in [0.3, 0.4) is 0 Å². The molecule has 0 aromatic carbocycles. The van der Waals surface area contributed by atoms with Crippen LogP contribution >= 0.6 is 0 Å². The van der Waals surface area contributed by atoms with Gasteiger partial charge in [0.1, 0.15) is 11.8 Å². The first kappa shape index (κ1) is 10.1. The highest BCUT2D eigenvalue weighted by Crippen LogP contribution is 2.18. The van der Waals surface area contributed by atoms with Crippen molar-refractivity contribution in [1.82, 2.24) is 4.90 Å². The van der Waals surface area contributed by atoms with Gasteiger partial charge < -0.3 is 4.90 Å². The first-order chi connectivity index (χ1) is 5.96. The first-order valence-electron chi connectivity index (χ1n) is 3.98. The molecule has 0 aliphatic carbocycles. The Labute approximate surface area is 78.4 Å². The summed E-state index contributed by atoms with van der Waals surface area (Å²) < 4.78 is 22.2. The second-order valence-electron chi connectivity index (χ2n) is 3.23. The van der Waals surface area contributed by atoms with Gasteiger partial charge in [0.05, 0.1) is 11.5 Å². The average molecular weight is 200 g/mol. The molecule has 4 nitrogen and oxygen atoms in total. The van der Waals surface area contributed by atoms with Crippen molar-refractivity contribution in [2.75, 3.05) is 18.6 Å². The van der Waals surface area contributed by atoms with E-state index in [-0.39, 0.29) is 17.5 Å². The van der Waals surface area contributed by atoms with Crippen molar-refractivity contribution in [3.8, 4) is 6.07 Å². The molecule has 1 fully saturated rings. The van der Waals surface area contributed by atoms with Crippen molar-refractivity contribution < 1.29 is 8.42 Å². The summed E-state index contributed by atoms with van der Waals surface area (Å²) in [6, 6.07) is 1.83. The van der Waals surface area contributed by atoms with E-state index in [1.54, 1.807) is 11.9 Å². The van der Waals surface area contributed by atoms with E-state index in [9.17, 15) is 8.42 Å². The summed E-state index contributed by atoms with van der Waals surface area (Å²) >= 11 is 0. The zero-order valence-corrected chi connectivity index (χ0v) is 8.34. The van der Waals surface area contributed by atoms with Gasteiger partial charge in [-0.05, 0) is 6.42 Å². The maximum Gasteiger partial charge on any atom is 0.152 e. The van der Waals surface area contributed by atoms with E-state index >= 15 is 0 Å². The fourth-order valence-corrected chi connectivity index (χ4v) is 3.15. The monoisotopic (exact) mass is 200 g/mol. The third-order valence-corrected chi connectivity index (χ3v) is 4.06. The van der Waals surface area contributed by atoms with E-state index in [1.807, 2.05) is 6.07 Å². The summed E-state index contributed by atoms with van der Waals surface area (Å²) in [6.45, 7) is 3.54. The highest BCUT2D eigenvalue weighted by atomic mass is 32.2. The molecule has 1 saturated heterocycles. The van der Waals surface area contributed by atoms with E-state index in [2.05, 4.69) is 6.58 Å². The first-order valence-corrected chi connectivity index (χ1v) is 5.80. The Kier molecular flexibility index (Phi) is 2.62. The molecular weight excluding hydrogens is 188 g/mol. The summed E-state index contributed by atoms with van der Waals surface area (Å²) in [4.78, 5) is 1.64. The van der Waals surface area contributed by atoms with Crippen LogP contribution in [-0.2, 0) is 9.84 Å². The van der Waals surface area contributed by atoms with E-state index in [4.69, 9.17) is 5.26 Å². The van der Waals surface area contributed by atoms with Gasteiger partial charge in [0.25, 0.3) is 0 Å². The second kappa shape index (κ2) is 3.38. The molecule has 1 aliphatic heterocycles. The molecular formula is C8H12N2O2S. The molecule has 0 N–H and O–H groups in total. The largest absolute Gasteiger partial charge is 0.363 e.